The highest BCUT2D eigenvalue weighted by molar-refractivity contribution is 7.17. The van der Waals surface area contributed by atoms with Crippen LogP contribution in [0.5, 0.6) is 0 Å². The Morgan fingerprint density at radius 2 is 2.04 bits per heavy atom. The van der Waals surface area contributed by atoms with E-state index in [1.165, 1.54) is 17.4 Å². The minimum Gasteiger partial charge on any atom is -0.305 e. The molecular weight excluding hydrogens is 363 g/mol. The van der Waals surface area contributed by atoms with Crippen LogP contribution in [-0.2, 0) is 6.54 Å². The lowest BCUT2D eigenvalue weighted by Crippen LogP contribution is -2.10. The number of benzene rings is 1. The Morgan fingerprint density at radius 3 is 2.78 bits per heavy atom. The molecule has 4 aromatic rings. The van der Waals surface area contributed by atoms with Crippen molar-refractivity contribution in [1.82, 2.24) is 19.9 Å². The van der Waals surface area contributed by atoms with Gasteiger partial charge in [0.25, 0.3) is 5.56 Å². The SMILES string of the molecule is CN(C)Cc1ccc(F)c(-c2csc3c(=O)[nH]c(-c4ccccn4)nc23)c1. The summed E-state index contributed by atoms with van der Waals surface area (Å²) in [7, 11) is 3.92. The van der Waals surface area contributed by atoms with Gasteiger partial charge in [0.05, 0.1) is 5.52 Å². The van der Waals surface area contributed by atoms with Crippen LogP contribution in [0.2, 0.25) is 0 Å². The second kappa shape index (κ2) is 7.02. The first kappa shape index (κ1) is 17.5. The summed E-state index contributed by atoms with van der Waals surface area (Å²) in [6.07, 6.45) is 1.64. The molecule has 3 aromatic heterocycles. The Morgan fingerprint density at radius 1 is 1.19 bits per heavy atom. The number of nitrogens with one attached hydrogen (secondary N) is 1. The maximum atomic E-state index is 14.6. The van der Waals surface area contributed by atoms with Crippen molar-refractivity contribution in [3.63, 3.8) is 0 Å². The summed E-state index contributed by atoms with van der Waals surface area (Å²) in [5.41, 5.74) is 2.87. The molecule has 0 radical (unpaired) electrons. The molecule has 0 saturated carbocycles. The van der Waals surface area contributed by atoms with Crippen LogP contribution in [0.25, 0.3) is 32.9 Å². The Balaban J connectivity index is 1.91. The summed E-state index contributed by atoms with van der Waals surface area (Å²) in [5.74, 6) is 0.0382. The number of fused-ring (bicyclic) bond motifs is 1. The van der Waals surface area contributed by atoms with E-state index in [2.05, 4.69) is 15.0 Å². The average Bonchev–Trinajstić information content (AvgIpc) is 3.08. The molecule has 27 heavy (non-hydrogen) atoms. The molecular formula is C20H17FN4OS. The average molecular weight is 380 g/mol. The van der Waals surface area contributed by atoms with E-state index in [0.717, 1.165) is 5.56 Å². The third kappa shape index (κ3) is 3.39. The van der Waals surface area contributed by atoms with E-state index in [1.807, 2.05) is 31.1 Å². The summed E-state index contributed by atoms with van der Waals surface area (Å²) < 4.78 is 15.1. The standard InChI is InChI=1S/C20H17FN4OS/c1-25(2)10-12-6-7-15(21)13(9-12)14-11-27-18-17(14)23-19(24-20(18)26)16-5-3-4-8-22-16/h3-9,11H,10H2,1-2H3,(H,23,24,26). The number of aromatic nitrogens is 3. The fraction of sp³-hybridized carbons (Fsp3) is 0.150. The van der Waals surface area contributed by atoms with Crippen LogP contribution in [0.4, 0.5) is 4.39 Å². The zero-order chi connectivity index (χ0) is 19.0. The van der Waals surface area contributed by atoms with Gasteiger partial charge in [0.2, 0.25) is 0 Å². The highest BCUT2D eigenvalue weighted by Gasteiger charge is 2.17. The molecule has 136 valence electrons. The Labute approximate surface area is 159 Å². The quantitative estimate of drug-likeness (QED) is 0.583. The van der Waals surface area contributed by atoms with Gasteiger partial charge in [-0.3, -0.25) is 9.78 Å². The van der Waals surface area contributed by atoms with Gasteiger partial charge in [0.1, 0.15) is 16.2 Å². The van der Waals surface area contributed by atoms with E-state index in [9.17, 15) is 9.18 Å². The molecule has 0 unspecified atom stereocenters. The fourth-order valence-electron chi connectivity index (χ4n) is 2.99. The number of rotatable bonds is 4. The molecule has 0 aliphatic carbocycles. The van der Waals surface area contributed by atoms with Crippen LogP contribution in [-0.4, -0.2) is 33.9 Å². The number of H-pyrrole nitrogens is 1. The molecule has 5 nitrogen and oxygen atoms in total. The minimum atomic E-state index is -0.335. The molecule has 0 spiro atoms. The lowest BCUT2D eigenvalue weighted by molar-refractivity contribution is 0.402. The molecule has 7 heteroatoms. The molecule has 0 atom stereocenters. The fourth-order valence-corrected chi connectivity index (χ4v) is 3.89. The molecule has 0 aliphatic rings. The van der Waals surface area contributed by atoms with E-state index in [0.29, 0.717) is 39.4 Å². The number of aromatic amines is 1. The van der Waals surface area contributed by atoms with Crippen molar-refractivity contribution in [3.8, 4) is 22.6 Å². The first-order chi connectivity index (χ1) is 13.0. The molecule has 0 fully saturated rings. The highest BCUT2D eigenvalue weighted by Crippen LogP contribution is 2.34. The molecule has 0 saturated heterocycles. The smallest absolute Gasteiger partial charge is 0.269 e. The lowest BCUT2D eigenvalue weighted by atomic mass is 10.0. The number of pyridine rings is 1. The molecule has 0 bridgehead atoms. The van der Waals surface area contributed by atoms with E-state index in [4.69, 9.17) is 0 Å². The van der Waals surface area contributed by atoms with Crippen molar-refractivity contribution < 1.29 is 4.39 Å². The van der Waals surface area contributed by atoms with E-state index in [-0.39, 0.29) is 11.4 Å². The predicted octanol–water partition coefficient (Wildman–Crippen LogP) is 3.91. The van der Waals surface area contributed by atoms with Crippen LogP contribution < -0.4 is 5.56 Å². The van der Waals surface area contributed by atoms with E-state index >= 15 is 0 Å². The summed E-state index contributed by atoms with van der Waals surface area (Å²) in [6, 6.07) is 10.4. The van der Waals surface area contributed by atoms with E-state index in [1.54, 1.807) is 29.8 Å². The number of hydrogen-bond acceptors (Lipinski definition) is 5. The molecule has 0 amide bonds. The molecule has 1 N–H and O–H groups in total. The number of nitrogens with zero attached hydrogens (tertiary/aromatic N) is 3. The lowest BCUT2D eigenvalue weighted by Gasteiger charge is -2.11. The van der Waals surface area contributed by atoms with Gasteiger partial charge in [-0.05, 0) is 43.9 Å². The summed E-state index contributed by atoms with van der Waals surface area (Å²) >= 11 is 1.26. The second-order valence-corrected chi connectivity index (χ2v) is 7.39. The topological polar surface area (TPSA) is 61.9 Å². The van der Waals surface area contributed by atoms with Gasteiger partial charge in [-0.1, -0.05) is 12.1 Å². The number of halogens is 1. The third-order valence-electron chi connectivity index (χ3n) is 4.15. The van der Waals surface area contributed by atoms with Gasteiger partial charge in [-0.2, -0.15) is 0 Å². The second-order valence-electron chi connectivity index (χ2n) is 6.51. The van der Waals surface area contributed by atoms with Gasteiger partial charge in [-0.25, -0.2) is 9.37 Å². The maximum Gasteiger partial charge on any atom is 0.269 e. The summed E-state index contributed by atoms with van der Waals surface area (Å²) in [5, 5.41) is 1.78. The number of thiophene rings is 1. The molecule has 4 rings (SSSR count). The maximum absolute atomic E-state index is 14.6. The van der Waals surface area contributed by atoms with Crippen molar-refractivity contribution in [2.75, 3.05) is 14.1 Å². The van der Waals surface area contributed by atoms with Gasteiger partial charge in [-0.15, -0.1) is 11.3 Å². The van der Waals surface area contributed by atoms with Crippen LogP contribution >= 0.6 is 11.3 Å². The van der Waals surface area contributed by atoms with Gasteiger partial charge in [0, 0.05) is 29.2 Å². The third-order valence-corrected chi connectivity index (χ3v) is 5.12. The highest BCUT2D eigenvalue weighted by atomic mass is 32.1. The van der Waals surface area contributed by atoms with E-state index < -0.39 is 0 Å². The number of hydrogen-bond donors (Lipinski definition) is 1. The summed E-state index contributed by atoms with van der Waals surface area (Å²) in [4.78, 5) is 26.1. The van der Waals surface area contributed by atoms with Gasteiger partial charge < -0.3 is 9.88 Å². The monoisotopic (exact) mass is 380 g/mol. The van der Waals surface area contributed by atoms with Crippen molar-refractivity contribution in [1.29, 1.82) is 0 Å². The van der Waals surface area contributed by atoms with Crippen LogP contribution in [0.3, 0.4) is 0 Å². The zero-order valence-electron chi connectivity index (χ0n) is 14.9. The van der Waals surface area contributed by atoms with Crippen LogP contribution in [0.1, 0.15) is 5.56 Å². The Kier molecular flexibility index (Phi) is 4.55. The first-order valence-corrected chi connectivity index (χ1v) is 9.27. The van der Waals surface area contributed by atoms with Crippen LogP contribution in [0.15, 0.2) is 52.8 Å². The van der Waals surface area contributed by atoms with Crippen molar-refractivity contribution in [3.05, 3.63) is 69.7 Å². The zero-order valence-corrected chi connectivity index (χ0v) is 15.7. The predicted molar refractivity (Wildman–Crippen MR) is 106 cm³/mol. The molecule has 0 aliphatic heterocycles. The van der Waals surface area contributed by atoms with Crippen molar-refractivity contribution >= 4 is 21.6 Å². The summed E-state index contributed by atoms with van der Waals surface area (Å²) in [6.45, 7) is 0.697. The van der Waals surface area contributed by atoms with Crippen molar-refractivity contribution in [2.24, 2.45) is 0 Å². The minimum absolute atomic E-state index is 0.248. The largest absolute Gasteiger partial charge is 0.305 e. The van der Waals surface area contributed by atoms with Gasteiger partial charge in [0.15, 0.2) is 5.82 Å². The normalized spacial score (nSPS) is 11.4. The van der Waals surface area contributed by atoms with Crippen molar-refractivity contribution in [2.45, 2.75) is 6.54 Å². The van der Waals surface area contributed by atoms with Crippen LogP contribution in [0, 0.1) is 5.82 Å². The van der Waals surface area contributed by atoms with Gasteiger partial charge >= 0.3 is 0 Å². The molecule has 3 heterocycles. The first-order valence-electron chi connectivity index (χ1n) is 8.39. The Bertz CT molecular complexity index is 1170. The Hall–Kier alpha value is -2.90. The molecule has 1 aromatic carbocycles.